The van der Waals surface area contributed by atoms with Crippen LogP contribution in [0.1, 0.15) is 28.8 Å². The molecule has 0 aliphatic carbocycles. The molecule has 2 aromatic rings. The lowest BCUT2D eigenvalue weighted by atomic mass is 10.1. The van der Waals surface area contributed by atoms with Gasteiger partial charge >= 0.3 is 0 Å². The van der Waals surface area contributed by atoms with E-state index in [9.17, 15) is 9.18 Å². The molecule has 1 N–H and O–H groups in total. The Balaban J connectivity index is 1.78. The second-order valence-corrected chi connectivity index (χ2v) is 6.21. The molecule has 1 aliphatic heterocycles. The third-order valence-electron chi connectivity index (χ3n) is 4.11. The fourth-order valence-electron chi connectivity index (χ4n) is 2.82. The van der Waals surface area contributed by atoms with Gasteiger partial charge < -0.3 is 10.2 Å². The molecule has 0 aromatic heterocycles. The van der Waals surface area contributed by atoms with Crippen molar-refractivity contribution in [1.29, 1.82) is 0 Å². The molecule has 2 aromatic carbocycles. The summed E-state index contributed by atoms with van der Waals surface area (Å²) in [6.45, 7) is 4.08. The van der Waals surface area contributed by atoms with E-state index in [2.05, 4.69) is 16.3 Å². The van der Waals surface area contributed by atoms with E-state index < -0.39 is 11.7 Å². The SMILES string of the molecule is Cc1cc(N2CCCC2)ccc1NC(=O)c1ccc(Cl)cc1F. The standard InChI is InChI=1S/C18H18ClFN2O/c1-12-10-14(22-8-2-3-9-22)5-7-17(12)21-18(23)15-6-4-13(19)11-16(15)20/h4-7,10-11H,2-3,8-9H2,1H3,(H,21,23). The van der Waals surface area contributed by atoms with E-state index in [1.54, 1.807) is 0 Å². The summed E-state index contributed by atoms with van der Waals surface area (Å²) in [6.07, 6.45) is 2.43. The van der Waals surface area contributed by atoms with Crippen LogP contribution < -0.4 is 10.2 Å². The van der Waals surface area contributed by atoms with Crippen LogP contribution in [0.4, 0.5) is 15.8 Å². The molecule has 0 saturated carbocycles. The Kier molecular flexibility index (Phi) is 4.53. The summed E-state index contributed by atoms with van der Waals surface area (Å²) in [5, 5.41) is 3.03. The summed E-state index contributed by atoms with van der Waals surface area (Å²) < 4.78 is 13.8. The maximum Gasteiger partial charge on any atom is 0.258 e. The second kappa shape index (κ2) is 6.59. The largest absolute Gasteiger partial charge is 0.372 e. The first-order valence-electron chi connectivity index (χ1n) is 7.66. The van der Waals surface area contributed by atoms with Gasteiger partial charge in [0.15, 0.2) is 0 Å². The van der Waals surface area contributed by atoms with E-state index in [1.807, 2.05) is 19.1 Å². The lowest BCUT2D eigenvalue weighted by Crippen LogP contribution is -2.18. The zero-order valence-corrected chi connectivity index (χ0v) is 13.7. The van der Waals surface area contributed by atoms with Crippen molar-refractivity contribution in [1.82, 2.24) is 0 Å². The first-order valence-corrected chi connectivity index (χ1v) is 8.04. The van der Waals surface area contributed by atoms with Crippen molar-refractivity contribution in [2.75, 3.05) is 23.3 Å². The van der Waals surface area contributed by atoms with E-state index in [0.29, 0.717) is 5.69 Å². The number of benzene rings is 2. The number of hydrogen-bond acceptors (Lipinski definition) is 2. The zero-order valence-electron chi connectivity index (χ0n) is 12.9. The Hall–Kier alpha value is -2.07. The first kappa shape index (κ1) is 15.8. The Morgan fingerprint density at radius 1 is 1.17 bits per heavy atom. The highest BCUT2D eigenvalue weighted by atomic mass is 35.5. The molecule has 1 fully saturated rings. The van der Waals surface area contributed by atoms with Crippen molar-refractivity contribution in [3.05, 3.63) is 58.4 Å². The van der Waals surface area contributed by atoms with Crippen molar-refractivity contribution in [2.45, 2.75) is 19.8 Å². The highest BCUT2D eigenvalue weighted by molar-refractivity contribution is 6.30. The van der Waals surface area contributed by atoms with Crippen molar-refractivity contribution in [3.63, 3.8) is 0 Å². The number of halogens is 2. The number of hydrogen-bond donors (Lipinski definition) is 1. The van der Waals surface area contributed by atoms with Crippen molar-refractivity contribution in [3.8, 4) is 0 Å². The van der Waals surface area contributed by atoms with Gasteiger partial charge in [-0.2, -0.15) is 0 Å². The lowest BCUT2D eigenvalue weighted by molar-refractivity contribution is 0.102. The topological polar surface area (TPSA) is 32.3 Å². The number of nitrogens with zero attached hydrogens (tertiary/aromatic N) is 1. The molecular weight excluding hydrogens is 315 g/mol. The Morgan fingerprint density at radius 3 is 2.57 bits per heavy atom. The fraction of sp³-hybridized carbons (Fsp3) is 0.278. The molecule has 1 saturated heterocycles. The molecular formula is C18H18ClFN2O. The quantitative estimate of drug-likeness (QED) is 0.888. The van der Waals surface area contributed by atoms with Gasteiger partial charge in [0.2, 0.25) is 0 Å². The van der Waals surface area contributed by atoms with E-state index in [-0.39, 0.29) is 10.6 Å². The minimum absolute atomic E-state index is 0.0163. The summed E-state index contributed by atoms with van der Waals surface area (Å²) in [5.74, 6) is -1.10. The van der Waals surface area contributed by atoms with Crippen LogP contribution in [0.15, 0.2) is 36.4 Å². The number of aryl methyl sites for hydroxylation is 1. The van der Waals surface area contributed by atoms with Crippen LogP contribution >= 0.6 is 11.6 Å². The van der Waals surface area contributed by atoms with Crippen molar-refractivity contribution >= 4 is 28.9 Å². The van der Waals surface area contributed by atoms with Crippen LogP contribution in [0, 0.1) is 12.7 Å². The third kappa shape index (κ3) is 3.48. The highest BCUT2D eigenvalue weighted by Gasteiger charge is 2.15. The van der Waals surface area contributed by atoms with E-state index >= 15 is 0 Å². The van der Waals surface area contributed by atoms with Gasteiger partial charge in [-0.25, -0.2) is 4.39 Å². The van der Waals surface area contributed by atoms with Crippen LogP contribution in [0.3, 0.4) is 0 Å². The number of carbonyl (C=O) groups excluding carboxylic acids is 1. The van der Waals surface area contributed by atoms with Crippen LogP contribution in [0.5, 0.6) is 0 Å². The van der Waals surface area contributed by atoms with Crippen LogP contribution in [-0.2, 0) is 0 Å². The predicted molar refractivity (Wildman–Crippen MR) is 92.0 cm³/mol. The number of carbonyl (C=O) groups is 1. The Labute approximate surface area is 140 Å². The van der Waals surface area contributed by atoms with Crippen molar-refractivity contribution in [2.24, 2.45) is 0 Å². The van der Waals surface area contributed by atoms with Crippen molar-refractivity contribution < 1.29 is 9.18 Å². The summed E-state index contributed by atoms with van der Waals surface area (Å²) in [5.41, 5.74) is 2.79. The van der Waals surface area contributed by atoms with Crippen LogP contribution in [0.2, 0.25) is 5.02 Å². The van der Waals surface area contributed by atoms with Gasteiger partial charge in [-0.05, 0) is 61.7 Å². The first-order chi connectivity index (χ1) is 11.0. The maximum absolute atomic E-state index is 13.8. The van der Waals surface area contributed by atoms with E-state index in [0.717, 1.165) is 30.4 Å². The van der Waals surface area contributed by atoms with E-state index in [1.165, 1.54) is 25.0 Å². The number of nitrogens with one attached hydrogen (secondary N) is 1. The average molecular weight is 333 g/mol. The molecule has 0 atom stereocenters. The minimum atomic E-state index is -0.624. The zero-order chi connectivity index (χ0) is 16.4. The van der Waals surface area contributed by atoms with Gasteiger partial charge in [0.1, 0.15) is 5.82 Å². The molecule has 3 rings (SSSR count). The lowest BCUT2D eigenvalue weighted by Gasteiger charge is -2.19. The van der Waals surface area contributed by atoms with Gasteiger partial charge in [0.05, 0.1) is 5.56 Å². The number of anilines is 2. The molecule has 1 amide bonds. The smallest absolute Gasteiger partial charge is 0.258 e. The molecule has 120 valence electrons. The Morgan fingerprint density at radius 2 is 1.91 bits per heavy atom. The minimum Gasteiger partial charge on any atom is -0.372 e. The summed E-state index contributed by atoms with van der Waals surface area (Å²) in [6, 6.07) is 9.95. The van der Waals surface area contributed by atoms with Crippen LogP contribution in [-0.4, -0.2) is 19.0 Å². The van der Waals surface area contributed by atoms with Gasteiger partial charge in [-0.1, -0.05) is 11.6 Å². The van der Waals surface area contributed by atoms with Gasteiger partial charge in [-0.3, -0.25) is 4.79 Å². The third-order valence-corrected chi connectivity index (χ3v) is 4.34. The molecule has 0 unspecified atom stereocenters. The van der Waals surface area contributed by atoms with Gasteiger partial charge in [0, 0.05) is 29.5 Å². The maximum atomic E-state index is 13.8. The normalized spacial score (nSPS) is 14.1. The van der Waals surface area contributed by atoms with Gasteiger partial charge in [-0.15, -0.1) is 0 Å². The van der Waals surface area contributed by atoms with Gasteiger partial charge in [0.25, 0.3) is 5.91 Å². The molecule has 3 nitrogen and oxygen atoms in total. The van der Waals surface area contributed by atoms with Crippen LogP contribution in [0.25, 0.3) is 0 Å². The molecule has 23 heavy (non-hydrogen) atoms. The molecule has 0 radical (unpaired) electrons. The average Bonchev–Trinajstić information content (AvgIpc) is 3.03. The number of rotatable bonds is 3. The summed E-state index contributed by atoms with van der Waals surface area (Å²) >= 11 is 5.71. The molecule has 0 spiro atoms. The second-order valence-electron chi connectivity index (χ2n) is 5.77. The molecule has 0 bridgehead atoms. The summed E-state index contributed by atoms with van der Waals surface area (Å²) in [7, 11) is 0. The summed E-state index contributed by atoms with van der Waals surface area (Å²) in [4.78, 5) is 14.6. The predicted octanol–water partition coefficient (Wildman–Crippen LogP) is 4.64. The number of amides is 1. The van der Waals surface area contributed by atoms with E-state index in [4.69, 9.17) is 11.6 Å². The molecule has 5 heteroatoms. The molecule has 1 heterocycles. The highest BCUT2D eigenvalue weighted by Crippen LogP contribution is 2.26. The Bertz CT molecular complexity index is 742. The monoisotopic (exact) mass is 332 g/mol. The molecule has 1 aliphatic rings. The fourth-order valence-corrected chi connectivity index (χ4v) is 2.98.